The second-order valence-corrected chi connectivity index (χ2v) is 5.93. The highest BCUT2D eigenvalue weighted by Crippen LogP contribution is 2.39. The minimum atomic E-state index is 0.755. The molecule has 0 aliphatic carbocycles. The molecular weight excluding hydrogens is 322 g/mol. The predicted octanol–water partition coefficient (Wildman–Crippen LogP) is 3.49. The van der Waals surface area contributed by atoms with Crippen LogP contribution in [0.3, 0.4) is 0 Å². The van der Waals surface area contributed by atoms with Crippen LogP contribution < -0.4 is 0 Å². The third-order valence-electron chi connectivity index (χ3n) is 4.67. The van der Waals surface area contributed by atoms with Crippen LogP contribution in [0.4, 0.5) is 0 Å². The molecular formula is C20H20B2N2O2. The Labute approximate surface area is 155 Å². The van der Waals surface area contributed by atoms with E-state index in [4.69, 9.17) is 0 Å². The third kappa shape index (κ3) is 2.50. The summed E-state index contributed by atoms with van der Waals surface area (Å²) in [6.45, 7) is 11.8. The summed E-state index contributed by atoms with van der Waals surface area (Å²) in [5.74, 6) is 0. The van der Waals surface area contributed by atoms with E-state index in [1.807, 2.05) is 50.3 Å². The molecule has 2 heterocycles. The minimum absolute atomic E-state index is 0.755. The lowest BCUT2D eigenvalue weighted by Gasteiger charge is -2.13. The highest BCUT2D eigenvalue weighted by atomic mass is 16.2. The van der Waals surface area contributed by atoms with E-state index in [1.54, 1.807) is 21.1 Å². The molecule has 6 heteroatoms. The van der Waals surface area contributed by atoms with Gasteiger partial charge in [-0.15, -0.1) is 0 Å². The number of benzene rings is 1. The van der Waals surface area contributed by atoms with Gasteiger partial charge in [0.05, 0.1) is 11.4 Å². The van der Waals surface area contributed by atoms with Gasteiger partial charge in [0.2, 0.25) is 0 Å². The summed E-state index contributed by atoms with van der Waals surface area (Å²) in [4.78, 5) is 0. The molecule has 1 aromatic carbocycles. The largest absolute Gasteiger partial charge is 0.441 e. The van der Waals surface area contributed by atoms with Crippen molar-refractivity contribution < 1.29 is 10.0 Å². The molecule has 0 fully saturated rings. The zero-order valence-corrected chi connectivity index (χ0v) is 15.0. The van der Waals surface area contributed by atoms with Crippen LogP contribution >= 0.6 is 0 Å². The summed E-state index contributed by atoms with van der Waals surface area (Å²) in [6.07, 6.45) is 7.38. The Morgan fingerprint density at radius 3 is 2.19 bits per heavy atom. The van der Waals surface area contributed by atoms with Crippen molar-refractivity contribution in [1.82, 2.24) is 8.96 Å². The number of nitrogens with zero attached hydrogens (tertiary/aromatic N) is 2. The average Bonchev–Trinajstić information content (AvgIpc) is 3.12. The average molecular weight is 342 g/mol. The first-order chi connectivity index (χ1) is 12.6. The number of hydrogen-bond acceptors (Lipinski definition) is 2. The molecule has 0 atom stereocenters. The third-order valence-corrected chi connectivity index (χ3v) is 4.67. The van der Waals surface area contributed by atoms with Gasteiger partial charge in [0.1, 0.15) is 0 Å². The maximum atomic E-state index is 9.98. The van der Waals surface area contributed by atoms with Crippen LogP contribution in [0.25, 0.3) is 40.5 Å². The summed E-state index contributed by atoms with van der Waals surface area (Å²) in [6, 6.07) is 7.79. The Morgan fingerprint density at radius 2 is 1.62 bits per heavy atom. The zero-order chi connectivity index (χ0) is 18.8. The van der Waals surface area contributed by atoms with Crippen LogP contribution in [0.5, 0.6) is 0 Å². The van der Waals surface area contributed by atoms with Crippen LogP contribution in [-0.4, -0.2) is 34.2 Å². The van der Waals surface area contributed by atoms with Gasteiger partial charge in [-0.25, -0.2) is 0 Å². The van der Waals surface area contributed by atoms with Crippen molar-refractivity contribution in [2.24, 2.45) is 0 Å². The molecule has 3 rings (SSSR count). The fraction of sp³-hybridized carbons (Fsp3) is 0.100. The topological polar surface area (TPSA) is 50.3 Å². The lowest BCUT2D eigenvalue weighted by molar-refractivity contribution is 0.586. The van der Waals surface area contributed by atoms with E-state index >= 15 is 0 Å². The second kappa shape index (κ2) is 7.28. The molecule has 2 aromatic heterocycles. The Bertz CT molecular complexity index is 1030. The van der Waals surface area contributed by atoms with Gasteiger partial charge >= 0.3 is 15.2 Å². The number of aromatic nitrogens is 2. The highest BCUT2D eigenvalue weighted by molar-refractivity contribution is 6.30. The highest BCUT2D eigenvalue weighted by Gasteiger charge is 2.25. The minimum Gasteiger partial charge on any atom is -0.435 e. The van der Waals surface area contributed by atoms with Crippen LogP contribution in [0.2, 0.25) is 0 Å². The molecule has 0 saturated carbocycles. The fourth-order valence-corrected chi connectivity index (χ4v) is 3.61. The van der Waals surface area contributed by atoms with Gasteiger partial charge in [0.15, 0.2) is 0 Å². The molecule has 0 bridgehead atoms. The van der Waals surface area contributed by atoms with Crippen molar-refractivity contribution in [1.29, 1.82) is 0 Å². The van der Waals surface area contributed by atoms with Crippen molar-refractivity contribution in [3.63, 3.8) is 0 Å². The smallest absolute Gasteiger partial charge is 0.435 e. The molecule has 3 aromatic rings. The monoisotopic (exact) mass is 342 g/mol. The van der Waals surface area contributed by atoms with Gasteiger partial charge in [0, 0.05) is 27.7 Å². The SMILES string of the molecule is C=Cc1c(C)c(-c2c(C=C)c3ccccc3n2[B]O)n([B]O)c1/C=C\C. The Balaban J connectivity index is 2.52. The molecule has 26 heavy (non-hydrogen) atoms. The summed E-state index contributed by atoms with van der Waals surface area (Å²) in [7, 11) is 2.08. The van der Waals surface area contributed by atoms with Gasteiger partial charge in [0.25, 0.3) is 0 Å². The second-order valence-electron chi connectivity index (χ2n) is 5.93. The van der Waals surface area contributed by atoms with E-state index in [0.717, 1.165) is 59.9 Å². The maximum absolute atomic E-state index is 9.98. The van der Waals surface area contributed by atoms with Gasteiger partial charge in [-0.05, 0) is 31.6 Å². The molecule has 0 amide bonds. The number of para-hydroxylation sites is 1. The zero-order valence-electron chi connectivity index (χ0n) is 15.0. The first-order valence-electron chi connectivity index (χ1n) is 8.35. The molecule has 128 valence electrons. The molecule has 0 aliphatic rings. The quantitative estimate of drug-likeness (QED) is 0.674. The maximum Gasteiger partial charge on any atom is 0.441 e. The lowest BCUT2D eigenvalue weighted by atomic mass is 10.0. The van der Waals surface area contributed by atoms with E-state index < -0.39 is 0 Å². The van der Waals surface area contributed by atoms with Crippen molar-refractivity contribution in [2.75, 3.05) is 0 Å². The molecule has 4 nitrogen and oxygen atoms in total. The lowest BCUT2D eigenvalue weighted by Crippen LogP contribution is -2.14. The Hall–Kier alpha value is -2.69. The van der Waals surface area contributed by atoms with Gasteiger partial charge < -0.3 is 19.0 Å². The van der Waals surface area contributed by atoms with Crippen molar-refractivity contribution >= 4 is 44.4 Å². The van der Waals surface area contributed by atoms with Gasteiger partial charge in [-0.2, -0.15) is 0 Å². The van der Waals surface area contributed by atoms with Gasteiger partial charge in [-0.1, -0.05) is 49.6 Å². The number of hydrogen-bond donors (Lipinski definition) is 2. The first-order valence-corrected chi connectivity index (χ1v) is 8.35. The Kier molecular flexibility index (Phi) is 5.07. The first kappa shape index (κ1) is 18.1. The fourth-order valence-electron chi connectivity index (χ4n) is 3.61. The molecule has 2 radical (unpaired) electrons. The van der Waals surface area contributed by atoms with Crippen LogP contribution in [0.1, 0.15) is 29.3 Å². The summed E-state index contributed by atoms with van der Waals surface area (Å²) >= 11 is 0. The van der Waals surface area contributed by atoms with Crippen LogP contribution in [-0.2, 0) is 0 Å². The number of allylic oxidation sites excluding steroid dienone is 1. The van der Waals surface area contributed by atoms with Gasteiger partial charge in [-0.3, -0.25) is 0 Å². The predicted molar refractivity (Wildman–Crippen MR) is 112 cm³/mol. The van der Waals surface area contributed by atoms with Crippen LogP contribution in [0.15, 0.2) is 43.5 Å². The van der Waals surface area contributed by atoms with E-state index in [-0.39, 0.29) is 0 Å². The molecule has 0 spiro atoms. The van der Waals surface area contributed by atoms with Crippen molar-refractivity contribution in [2.45, 2.75) is 13.8 Å². The number of fused-ring (bicyclic) bond motifs is 1. The summed E-state index contributed by atoms with van der Waals surface area (Å²) in [5, 5.41) is 20.9. The standard InChI is InChI=1S/C20H20B2N2O2/c1-5-10-17-14(6-2)13(4)19(23(17)21-25)20-15(7-3)16-11-8-9-12-18(16)24(20)22-26/h5-12,25-26H,2-3H2,1,4H3/b10-5-. The van der Waals surface area contributed by atoms with E-state index in [0.29, 0.717) is 0 Å². The van der Waals surface area contributed by atoms with Crippen molar-refractivity contribution in [3.8, 4) is 11.4 Å². The normalized spacial score (nSPS) is 11.2. The van der Waals surface area contributed by atoms with Crippen LogP contribution in [0, 0.1) is 6.92 Å². The van der Waals surface area contributed by atoms with Crippen molar-refractivity contribution in [3.05, 3.63) is 65.9 Å². The molecule has 0 unspecified atom stereocenters. The summed E-state index contributed by atoms with van der Waals surface area (Å²) in [5.41, 5.74) is 5.97. The number of rotatable bonds is 6. The van der Waals surface area contributed by atoms with E-state index in [1.165, 1.54) is 0 Å². The van der Waals surface area contributed by atoms with E-state index in [9.17, 15) is 10.0 Å². The Morgan fingerprint density at radius 1 is 0.962 bits per heavy atom. The molecule has 2 N–H and O–H groups in total. The molecule has 0 aliphatic heterocycles. The van der Waals surface area contributed by atoms with E-state index in [2.05, 4.69) is 13.2 Å². The summed E-state index contributed by atoms with van der Waals surface area (Å²) < 4.78 is 3.41. The molecule has 0 saturated heterocycles.